The summed E-state index contributed by atoms with van der Waals surface area (Å²) < 4.78 is 0. The summed E-state index contributed by atoms with van der Waals surface area (Å²) in [7, 11) is 0. The molecule has 0 unspecified atom stereocenters. The van der Waals surface area contributed by atoms with Gasteiger partial charge in [0.25, 0.3) is 11.5 Å². The van der Waals surface area contributed by atoms with Gasteiger partial charge in [-0.3, -0.25) is 9.59 Å². The number of carbonyl (C=O) groups excluding carboxylic acids is 1. The smallest absolute Gasteiger partial charge is 0.260 e. The molecule has 0 saturated carbocycles. The van der Waals surface area contributed by atoms with Crippen LogP contribution in [0.2, 0.25) is 0 Å². The number of benzene rings is 1. The van der Waals surface area contributed by atoms with Crippen molar-refractivity contribution >= 4 is 11.6 Å². The highest BCUT2D eigenvalue weighted by Gasteiger charge is 2.24. The first-order chi connectivity index (χ1) is 11.1. The molecule has 120 valence electrons. The molecule has 1 aliphatic heterocycles. The maximum absolute atomic E-state index is 12.5. The quantitative estimate of drug-likeness (QED) is 0.922. The summed E-state index contributed by atoms with van der Waals surface area (Å²) in [6.45, 7) is 7.05. The summed E-state index contributed by atoms with van der Waals surface area (Å²) in [5, 5.41) is 0. The molecule has 1 aromatic carbocycles. The number of carbonyl (C=O) groups is 1. The zero-order chi connectivity index (χ0) is 16.4. The van der Waals surface area contributed by atoms with Crippen molar-refractivity contribution in [1.29, 1.82) is 0 Å². The Kier molecular flexibility index (Phi) is 4.19. The van der Waals surface area contributed by atoms with Crippen LogP contribution in [0.1, 0.15) is 21.5 Å². The minimum atomic E-state index is -0.325. The van der Waals surface area contributed by atoms with Gasteiger partial charge in [-0.1, -0.05) is 12.1 Å². The Morgan fingerprint density at radius 2 is 1.78 bits per heavy atom. The zero-order valence-corrected chi connectivity index (χ0v) is 13.5. The Hall–Kier alpha value is -2.56. The van der Waals surface area contributed by atoms with E-state index in [2.05, 4.69) is 41.9 Å². The molecule has 5 heteroatoms. The molecule has 0 bridgehead atoms. The van der Waals surface area contributed by atoms with Crippen LogP contribution in [0.3, 0.4) is 0 Å². The minimum Gasteiger partial charge on any atom is -0.368 e. The third kappa shape index (κ3) is 2.99. The van der Waals surface area contributed by atoms with Crippen molar-refractivity contribution in [3.63, 3.8) is 0 Å². The predicted molar refractivity (Wildman–Crippen MR) is 91.1 cm³/mol. The molecule has 0 radical (unpaired) electrons. The summed E-state index contributed by atoms with van der Waals surface area (Å²) in [6, 6.07) is 9.57. The van der Waals surface area contributed by atoms with E-state index in [-0.39, 0.29) is 17.0 Å². The van der Waals surface area contributed by atoms with Gasteiger partial charge in [0.2, 0.25) is 0 Å². The Balaban J connectivity index is 1.71. The van der Waals surface area contributed by atoms with Crippen LogP contribution in [0.25, 0.3) is 0 Å². The standard InChI is InChI=1S/C18H21N3O2/c1-13-5-3-7-16(14(13)2)20-9-11-21(12-10-20)18(23)15-6-4-8-19-17(15)22/h3-8H,9-12H2,1-2H3,(H,19,22). The molecule has 1 saturated heterocycles. The molecule has 1 fully saturated rings. The van der Waals surface area contributed by atoms with Gasteiger partial charge in [0, 0.05) is 38.1 Å². The third-order valence-electron chi connectivity index (χ3n) is 4.53. The van der Waals surface area contributed by atoms with E-state index < -0.39 is 0 Å². The fourth-order valence-corrected chi connectivity index (χ4v) is 2.99. The summed E-state index contributed by atoms with van der Waals surface area (Å²) >= 11 is 0. The molecular weight excluding hydrogens is 290 g/mol. The van der Waals surface area contributed by atoms with E-state index in [1.165, 1.54) is 23.0 Å². The molecule has 0 atom stereocenters. The number of H-pyrrole nitrogens is 1. The van der Waals surface area contributed by atoms with Crippen molar-refractivity contribution in [2.75, 3.05) is 31.1 Å². The number of aromatic amines is 1. The summed E-state index contributed by atoms with van der Waals surface area (Å²) in [5.74, 6) is -0.188. The van der Waals surface area contributed by atoms with Crippen LogP contribution in [0.5, 0.6) is 0 Å². The number of nitrogens with zero attached hydrogens (tertiary/aromatic N) is 2. The maximum Gasteiger partial charge on any atom is 0.260 e. The van der Waals surface area contributed by atoms with Gasteiger partial charge in [0.05, 0.1) is 0 Å². The second-order valence-electron chi connectivity index (χ2n) is 5.91. The SMILES string of the molecule is Cc1cccc(N2CCN(C(=O)c3ccc[nH]c3=O)CC2)c1C. The molecule has 23 heavy (non-hydrogen) atoms. The Morgan fingerprint density at radius 3 is 2.48 bits per heavy atom. The average Bonchev–Trinajstić information content (AvgIpc) is 2.57. The number of hydrogen-bond acceptors (Lipinski definition) is 3. The van der Waals surface area contributed by atoms with Gasteiger partial charge in [-0.2, -0.15) is 0 Å². The lowest BCUT2D eigenvalue weighted by atomic mass is 10.1. The topological polar surface area (TPSA) is 56.4 Å². The highest BCUT2D eigenvalue weighted by molar-refractivity contribution is 5.94. The minimum absolute atomic E-state index is 0.188. The zero-order valence-electron chi connectivity index (χ0n) is 13.5. The van der Waals surface area contributed by atoms with Crippen LogP contribution in [0.4, 0.5) is 5.69 Å². The number of rotatable bonds is 2. The van der Waals surface area contributed by atoms with Gasteiger partial charge in [-0.25, -0.2) is 0 Å². The first-order valence-corrected chi connectivity index (χ1v) is 7.86. The van der Waals surface area contributed by atoms with E-state index in [0.717, 1.165) is 13.1 Å². The monoisotopic (exact) mass is 311 g/mol. The Labute approximate surface area is 135 Å². The number of aryl methyl sites for hydroxylation is 1. The van der Waals surface area contributed by atoms with E-state index in [0.29, 0.717) is 13.1 Å². The molecule has 5 nitrogen and oxygen atoms in total. The first kappa shape index (κ1) is 15.3. The molecule has 3 rings (SSSR count). The molecule has 2 aromatic rings. The molecular formula is C18H21N3O2. The number of amides is 1. The number of pyridine rings is 1. The van der Waals surface area contributed by atoms with Gasteiger partial charge < -0.3 is 14.8 Å². The number of hydrogen-bond donors (Lipinski definition) is 1. The van der Waals surface area contributed by atoms with Crippen LogP contribution in [0.15, 0.2) is 41.3 Å². The molecule has 0 spiro atoms. The lowest BCUT2D eigenvalue weighted by molar-refractivity contribution is 0.0745. The summed E-state index contributed by atoms with van der Waals surface area (Å²) in [6.07, 6.45) is 1.54. The number of aromatic nitrogens is 1. The lowest BCUT2D eigenvalue weighted by Crippen LogP contribution is -2.49. The number of anilines is 1. The maximum atomic E-state index is 12.5. The van der Waals surface area contributed by atoms with Gasteiger partial charge in [0.1, 0.15) is 5.56 Å². The highest BCUT2D eigenvalue weighted by atomic mass is 16.2. The van der Waals surface area contributed by atoms with Gasteiger partial charge >= 0.3 is 0 Å². The van der Waals surface area contributed by atoms with E-state index >= 15 is 0 Å². The normalized spacial score (nSPS) is 14.9. The van der Waals surface area contributed by atoms with Crippen molar-refractivity contribution < 1.29 is 4.79 Å². The molecule has 1 amide bonds. The van der Waals surface area contributed by atoms with Crippen LogP contribution >= 0.6 is 0 Å². The summed E-state index contributed by atoms with van der Waals surface area (Å²) in [5.41, 5.74) is 3.68. The second-order valence-corrected chi connectivity index (χ2v) is 5.91. The van der Waals surface area contributed by atoms with Gasteiger partial charge in [-0.15, -0.1) is 0 Å². The number of piperazine rings is 1. The predicted octanol–water partition coefficient (Wildman–Crippen LogP) is 1.95. The van der Waals surface area contributed by atoms with E-state index in [4.69, 9.17) is 0 Å². The summed E-state index contributed by atoms with van der Waals surface area (Å²) in [4.78, 5) is 30.8. The van der Waals surface area contributed by atoms with Crippen molar-refractivity contribution in [3.05, 3.63) is 63.6 Å². The van der Waals surface area contributed by atoms with Crippen molar-refractivity contribution in [2.45, 2.75) is 13.8 Å². The van der Waals surface area contributed by atoms with Crippen molar-refractivity contribution in [1.82, 2.24) is 9.88 Å². The van der Waals surface area contributed by atoms with E-state index in [1.54, 1.807) is 17.0 Å². The Morgan fingerprint density at radius 1 is 1.04 bits per heavy atom. The van der Waals surface area contributed by atoms with Crippen LogP contribution in [-0.2, 0) is 0 Å². The molecule has 1 aromatic heterocycles. The van der Waals surface area contributed by atoms with Crippen molar-refractivity contribution in [2.24, 2.45) is 0 Å². The molecule has 1 aliphatic rings. The number of nitrogens with one attached hydrogen (secondary N) is 1. The third-order valence-corrected chi connectivity index (χ3v) is 4.53. The molecule has 2 heterocycles. The van der Waals surface area contributed by atoms with Crippen molar-refractivity contribution in [3.8, 4) is 0 Å². The largest absolute Gasteiger partial charge is 0.368 e. The van der Waals surface area contributed by atoms with E-state index in [9.17, 15) is 9.59 Å². The molecule has 1 N–H and O–H groups in total. The van der Waals surface area contributed by atoms with Crippen LogP contribution in [-0.4, -0.2) is 42.0 Å². The van der Waals surface area contributed by atoms with Crippen LogP contribution in [0, 0.1) is 13.8 Å². The van der Waals surface area contributed by atoms with Gasteiger partial charge in [-0.05, 0) is 43.2 Å². The fraction of sp³-hybridized carbons (Fsp3) is 0.333. The second kappa shape index (κ2) is 6.28. The van der Waals surface area contributed by atoms with E-state index in [1.807, 2.05) is 0 Å². The molecule has 0 aliphatic carbocycles. The highest BCUT2D eigenvalue weighted by Crippen LogP contribution is 2.24. The van der Waals surface area contributed by atoms with Crippen LogP contribution < -0.4 is 10.5 Å². The lowest BCUT2D eigenvalue weighted by Gasteiger charge is -2.37. The average molecular weight is 311 g/mol. The Bertz CT molecular complexity index is 774. The fourth-order valence-electron chi connectivity index (χ4n) is 2.99. The first-order valence-electron chi connectivity index (χ1n) is 7.86. The van der Waals surface area contributed by atoms with Gasteiger partial charge in [0.15, 0.2) is 0 Å².